The smallest absolute Gasteiger partial charge is 0.0396 e. The van der Waals surface area contributed by atoms with Gasteiger partial charge in [0.25, 0.3) is 0 Å². The summed E-state index contributed by atoms with van der Waals surface area (Å²) in [6.45, 7) is 18.3. The molecule has 178 valence electrons. The number of nitrogens with zero attached hydrogens (tertiary/aromatic N) is 2. The van der Waals surface area contributed by atoms with Crippen molar-refractivity contribution in [3.05, 3.63) is 47.5 Å². The summed E-state index contributed by atoms with van der Waals surface area (Å²) in [5.41, 5.74) is 8.28. The van der Waals surface area contributed by atoms with Crippen molar-refractivity contribution in [2.24, 2.45) is 0 Å². The molecule has 0 unspecified atom stereocenters. The van der Waals surface area contributed by atoms with Gasteiger partial charge in [-0.3, -0.25) is 0 Å². The first-order valence-electron chi connectivity index (χ1n) is 13.3. The van der Waals surface area contributed by atoms with Gasteiger partial charge in [-0.2, -0.15) is 0 Å². The van der Waals surface area contributed by atoms with Crippen molar-refractivity contribution < 1.29 is 0 Å². The number of benzene rings is 2. The number of hydrogen-bond donors (Lipinski definition) is 0. The summed E-state index contributed by atoms with van der Waals surface area (Å²) in [6, 6.07) is 14.1. The Bertz CT molecular complexity index is 712. The van der Waals surface area contributed by atoms with Crippen LogP contribution < -0.4 is 9.80 Å². The van der Waals surface area contributed by atoms with Crippen LogP contribution in [0.25, 0.3) is 11.1 Å². The van der Waals surface area contributed by atoms with E-state index in [1.807, 2.05) is 0 Å². The maximum Gasteiger partial charge on any atom is 0.0396 e. The largest absolute Gasteiger partial charge is 0.371 e. The highest BCUT2D eigenvalue weighted by Gasteiger charge is 2.12. The number of rotatable bonds is 15. The van der Waals surface area contributed by atoms with Gasteiger partial charge in [-0.1, -0.05) is 65.5 Å². The lowest BCUT2D eigenvalue weighted by Crippen LogP contribution is -2.26. The van der Waals surface area contributed by atoms with E-state index in [0.29, 0.717) is 0 Å². The van der Waals surface area contributed by atoms with Gasteiger partial charge in [-0.15, -0.1) is 0 Å². The number of anilines is 2. The minimum atomic E-state index is 1.16. The molecule has 0 aliphatic heterocycles. The SMILES string of the molecule is CCCCN(CCCC)c1ccc(-c2ccc(N(CCCC)CCCC)c(C)c2)cc1C. The van der Waals surface area contributed by atoms with Crippen LogP contribution in [-0.2, 0) is 0 Å². The van der Waals surface area contributed by atoms with E-state index in [1.54, 1.807) is 0 Å². The van der Waals surface area contributed by atoms with Crippen LogP contribution in [0.2, 0.25) is 0 Å². The van der Waals surface area contributed by atoms with Crippen LogP contribution in [0, 0.1) is 13.8 Å². The summed E-state index contributed by atoms with van der Waals surface area (Å²) in [6.07, 6.45) is 10.0. The quantitative estimate of drug-likeness (QED) is 0.275. The topological polar surface area (TPSA) is 6.48 Å². The standard InChI is InChI=1S/C30H48N2/c1-7-11-19-31(20-12-8-2)29-17-15-27(23-25(29)5)28-16-18-30(26(6)24-28)32(21-13-9-3)22-14-10-4/h15-18,23-24H,7-14,19-22H2,1-6H3. The second kappa shape index (κ2) is 14.2. The highest BCUT2D eigenvalue weighted by Crippen LogP contribution is 2.31. The first-order valence-corrected chi connectivity index (χ1v) is 13.3. The van der Waals surface area contributed by atoms with E-state index >= 15 is 0 Å². The Morgan fingerprint density at radius 3 is 1.06 bits per heavy atom. The van der Waals surface area contributed by atoms with Crippen molar-refractivity contribution in [1.29, 1.82) is 0 Å². The summed E-state index contributed by atoms with van der Waals surface area (Å²) in [5.74, 6) is 0. The zero-order valence-corrected chi connectivity index (χ0v) is 21.8. The van der Waals surface area contributed by atoms with Crippen LogP contribution >= 0.6 is 0 Å². The Morgan fingerprint density at radius 1 is 0.500 bits per heavy atom. The van der Waals surface area contributed by atoms with Crippen LogP contribution in [0.3, 0.4) is 0 Å². The molecular formula is C30H48N2. The average Bonchev–Trinajstić information content (AvgIpc) is 2.80. The molecule has 0 fully saturated rings. The lowest BCUT2D eigenvalue weighted by molar-refractivity contribution is 0.676. The van der Waals surface area contributed by atoms with Crippen LogP contribution in [0.4, 0.5) is 11.4 Å². The summed E-state index contributed by atoms with van der Waals surface area (Å²) in [7, 11) is 0. The predicted molar refractivity (Wildman–Crippen MR) is 145 cm³/mol. The van der Waals surface area contributed by atoms with E-state index in [0.717, 1.165) is 26.2 Å². The Kier molecular flexibility index (Phi) is 11.7. The molecule has 2 rings (SSSR count). The highest BCUT2D eigenvalue weighted by molar-refractivity contribution is 5.72. The normalized spacial score (nSPS) is 11.1. The zero-order valence-electron chi connectivity index (χ0n) is 21.8. The van der Waals surface area contributed by atoms with Crippen LogP contribution in [0.15, 0.2) is 36.4 Å². The third kappa shape index (κ3) is 7.57. The Balaban J connectivity index is 2.25. The third-order valence-electron chi connectivity index (χ3n) is 6.53. The number of aryl methyl sites for hydroxylation is 2. The molecule has 0 atom stereocenters. The molecule has 0 saturated heterocycles. The lowest BCUT2D eigenvalue weighted by atomic mass is 9.99. The summed E-state index contributed by atoms with van der Waals surface area (Å²) in [4.78, 5) is 5.19. The maximum absolute atomic E-state index is 2.60. The fourth-order valence-electron chi connectivity index (χ4n) is 4.48. The molecule has 32 heavy (non-hydrogen) atoms. The molecule has 0 bridgehead atoms. The van der Waals surface area contributed by atoms with E-state index in [2.05, 4.69) is 87.7 Å². The lowest BCUT2D eigenvalue weighted by Gasteiger charge is -2.27. The second-order valence-corrected chi connectivity index (χ2v) is 9.39. The van der Waals surface area contributed by atoms with Crippen molar-refractivity contribution in [2.75, 3.05) is 36.0 Å². The Hall–Kier alpha value is -1.96. The summed E-state index contributed by atoms with van der Waals surface area (Å²) >= 11 is 0. The van der Waals surface area contributed by atoms with Gasteiger partial charge in [0, 0.05) is 37.6 Å². The van der Waals surface area contributed by atoms with Crippen molar-refractivity contribution in [3.63, 3.8) is 0 Å². The second-order valence-electron chi connectivity index (χ2n) is 9.39. The molecule has 0 aromatic heterocycles. The fourth-order valence-corrected chi connectivity index (χ4v) is 4.48. The number of hydrogen-bond acceptors (Lipinski definition) is 2. The average molecular weight is 437 g/mol. The van der Waals surface area contributed by atoms with Gasteiger partial charge in [0.1, 0.15) is 0 Å². The van der Waals surface area contributed by atoms with Crippen LogP contribution in [0.1, 0.15) is 90.2 Å². The van der Waals surface area contributed by atoms with E-state index < -0.39 is 0 Å². The van der Waals surface area contributed by atoms with Gasteiger partial charge in [0.15, 0.2) is 0 Å². The van der Waals surface area contributed by atoms with Crippen molar-refractivity contribution in [2.45, 2.75) is 92.9 Å². The molecule has 2 aromatic carbocycles. The molecule has 0 spiro atoms. The minimum absolute atomic E-state index is 1.16. The molecule has 2 heteroatoms. The maximum atomic E-state index is 2.60. The number of unbranched alkanes of at least 4 members (excludes halogenated alkanes) is 4. The molecule has 0 aliphatic carbocycles. The van der Waals surface area contributed by atoms with Gasteiger partial charge >= 0.3 is 0 Å². The molecule has 0 aliphatic rings. The Labute approximate surface area is 199 Å². The molecular weight excluding hydrogens is 388 g/mol. The summed E-state index contributed by atoms with van der Waals surface area (Å²) in [5, 5.41) is 0. The van der Waals surface area contributed by atoms with E-state index in [9.17, 15) is 0 Å². The van der Waals surface area contributed by atoms with Crippen molar-refractivity contribution in [3.8, 4) is 11.1 Å². The first-order chi connectivity index (χ1) is 15.5. The van der Waals surface area contributed by atoms with E-state index in [1.165, 1.54) is 85.0 Å². The molecule has 0 heterocycles. The first kappa shape index (κ1) is 26.3. The molecule has 0 amide bonds. The third-order valence-corrected chi connectivity index (χ3v) is 6.53. The molecule has 0 saturated carbocycles. The predicted octanol–water partition coefficient (Wildman–Crippen LogP) is 8.78. The molecule has 0 N–H and O–H groups in total. The zero-order chi connectivity index (χ0) is 23.3. The molecule has 0 radical (unpaired) electrons. The Morgan fingerprint density at radius 2 is 0.812 bits per heavy atom. The van der Waals surface area contributed by atoms with Gasteiger partial charge in [0.05, 0.1) is 0 Å². The van der Waals surface area contributed by atoms with Crippen LogP contribution in [0.5, 0.6) is 0 Å². The van der Waals surface area contributed by atoms with Crippen LogP contribution in [-0.4, -0.2) is 26.2 Å². The van der Waals surface area contributed by atoms with Crippen molar-refractivity contribution >= 4 is 11.4 Å². The fraction of sp³-hybridized carbons (Fsp3) is 0.600. The van der Waals surface area contributed by atoms with Crippen molar-refractivity contribution in [1.82, 2.24) is 0 Å². The summed E-state index contributed by atoms with van der Waals surface area (Å²) < 4.78 is 0. The molecule has 2 aromatic rings. The van der Waals surface area contributed by atoms with E-state index in [-0.39, 0.29) is 0 Å². The minimum Gasteiger partial charge on any atom is -0.371 e. The van der Waals surface area contributed by atoms with Gasteiger partial charge in [0.2, 0.25) is 0 Å². The van der Waals surface area contributed by atoms with Gasteiger partial charge in [-0.25, -0.2) is 0 Å². The van der Waals surface area contributed by atoms with Gasteiger partial charge < -0.3 is 9.80 Å². The highest BCUT2D eigenvalue weighted by atomic mass is 15.1. The van der Waals surface area contributed by atoms with E-state index in [4.69, 9.17) is 0 Å². The monoisotopic (exact) mass is 436 g/mol. The molecule has 2 nitrogen and oxygen atoms in total. The van der Waals surface area contributed by atoms with Gasteiger partial charge in [-0.05, 0) is 86.1 Å².